The zero-order valence-corrected chi connectivity index (χ0v) is 18.5. The van der Waals surface area contributed by atoms with Gasteiger partial charge in [0, 0.05) is 41.7 Å². The molecule has 4 aromatic rings. The fraction of sp³-hybridized carbons (Fsp3) is 0.222. The Bertz CT molecular complexity index is 1300. The van der Waals surface area contributed by atoms with Crippen LogP contribution in [-0.4, -0.2) is 34.1 Å². The molecule has 0 aliphatic carbocycles. The van der Waals surface area contributed by atoms with E-state index in [0.29, 0.717) is 24.7 Å². The van der Waals surface area contributed by atoms with Gasteiger partial charge in [0.25, 0.3) is 0 Å². The van der Waals surface area contributed by atoms with Gasteiger partial charge < -0.3 is 15.3 Å². The molecule has 6 heteroatoms. The van der Waals surface area contributed by atoms with E-state index in [-0.39, 0.29) is 17.6 Å². The molecule has 166 valence electrons. The molecule has 2 heterocycles. The van der Waals surface area contributed by atoms with Gasteiger partial charge >= 0.3 is 0 Å². The average Bonchev–Trinajstić information content (AvgIpc) is 2.84. The van der Waals surface area contributed by atoms with Gasteiger partial charge in [-0.05, 0) is 44.0 Å². The third-order valence-corrected chi connectivity index (χ3v) is 6.15. The van der Waals surface area contributed by atoms with E-state index in [1.54, 1.807) is 24.3 Å². The number of carbonyl (C=O) groups excluding carboxylic acids is 1. The van der Waals surface area contributed by atoms with Gasteiger partial charge in [0.1, 0.15) is 5.75 Å². The summed E-state index contributed by atoms with van der Waals surface area (Å²) in [5, 5.41) is 13.6. The molecule has 1 aliphatic rings. The molecule has 0 bridgehead atoms. The number of aromatic nitrogens is 2. The second-order valence-electron chi connectivity index (χ2n) is 8.56. The number of piperidine rings is 1. The maximum absolute atomic E-state index is 12.7. The number of anilines is 2. The van der Waals surface area contributed by atoms with Gasteiger partial charge in [0.05, 0.1) is 11.2 Å². The number of benzene rings is 3. The van der Waals surface area contributed by atoms with Crippen LogP contribution in [-0.2, 0) is 4.79 Å². The highest BCUT2D eigenvalue weighted by molar-refractivity contribution is 5.94. The predicted molar refractivity (Wildman–Crippen MR) is 131 cm³/mol. The van der Waals surface area contributed by atoms with E-state index in [9.17, 15) is 9.90 Å². The molecule has 0 spiro atoms. The molecule has 0 unspecified atom stereocenters. The first-order valence-electron chi connectivity index (χ1n) is 11.3. The Hall–Kier alpha value is -3.93. The van der Waals surface area contributed by atoms with Crippen molar-refractivity contribution >= 4 is 28.4 Å². The predicted octanol–water partition coefficient (Wildman–Crippen LogP) is 5.17. The quantitative estimate of drug-likeness (QED) is 0.460. The highest BCUT2D eigenvalue weighted by Gasteiger charge is 2.27. The maximum Gasteiger partial charge on any atom is 0.227 e. The third kappa shape index (κ3) is 4.51. The van der Waals surface area contributed by atoms with Gasteiger partial charge in [-0.25, -0.2) is 9.97 Å². The summed E-state index contributed by atoms with van der Waals surface area (Å²) < 4.78 is 0. The molecule has 3 aromatic carbocycles. The lowest BCUT2D eigenvalue weighted by Gasteiger charge is -2.31. The van der Waals surface area contributed by atoms with Gasteiger partial charge in [-0.1, -0.05) is 48.0 Å². The lowest BCUT2D eigenvalue weighted by Crippen LogP contribution is -2.39. The summed E-state index contributed by atoms with van der Waals surface area (Å²) in [4.78, 5) is 24.7. The SMILES string of the molecule is Cc1ccc2nc(N3CCC(C(=O)Nc4cccc(O)c4)CC3)nc(-c3ccccc3)c2c1. The summed E-state index contributed by atoms with van der Waals surface area (Å²) in [7, 11) is 0. The van der Waals surface area contributed by atoms with E-state index in [2.05, 4.69) is 47.5 Å². The van der Waals surface area contributed by atoms with E-state index in [0.717, 1.165) is 35.0 Å². The first-order chi connectivity index (χ1) is 16.1. The number of rotatable bonds is 4. The average molecular weight is 439 g/mol. The molecule has 1 amide bonds. The van der Waals surface area contributed by atoms with Crippen LogP contribution in [0, 0.1) is 12.8 Å². The minimum absolute atomic E-state index is 0.0138. The maximum atomic E-state index is 12.7. The summed E-state index contributed by atoms with van der Waals surface area (Å²) in [5.41, 5.74) is 4.71. The summed E-state index contributed by atoms with van der Waals surface area (Å²) in [5.74, 6) is 0.748. The number of amides is 1. The number of phenolic OH excluding ortho intramolecular Hbond substituents is 1. The van der Waals surface area contributed by atoms with Crippen LogP contribution in [0.15, 0.2) is 72.8 Å². The molecule has 1 fully saturated rings. The van der Waals surface area contributed by atoms with E-state index >= 15 is 0 Å². The molecular weight excluding hydrogens is 412 g/mol. The van der Waals surface area contributed by atoms with Crippen LogP contribution in [0.4, 0.5) is 11.6 Å². The molecule has 1 aliphatic heterocycles. The summed E-state index contributed by atoms with van der Waals surface area (Å²) in [6.45, 7) is 3.50. The van der Waals surface area contributed by atoms with Crippen LogP contribution >= 0.6 is 0 Å². The number of aromatic hydroxyl groups is 1. The van der Waals surface area contributed by atoms with Crippen LogP contribution < -0.4 is 10.2 Å². The van der Waals surface area contributed by atoms with Crippen LogP contribution in [0.5, 0.6) is 5.75 Å². The lowest BCUT2D eigenvalue weighted by atomic mass is 9.96. The van der Waals surface area contributed by atoms with Gasteiger partial charge in [-0.3, -0.25) is 4.79 Å². The molecule has 33 heavy (non-hydrogen) atoms. The monoisotopic (exact) mass is 438 g/mol. The van der Waals surface area contributed by atoms with Crippen LogP contribution in [0.3, 0.4) is 0 Å². The largest absolute Gasteiger partial charge is 0.508 e. The molecule has 0 saturated carbocycles. The van der Waals surface area contributed by atoms with Crippen molar-refractivity contribution in [2.24, 2.45) is 5.92 Å². The zero-order valence-electron chi connectivity index (χ0n) is 18.5. The van der Waals surface area contributed by atoms with Crippen molar-refractivity contribution in [3.05, 3.63) is 78.4 Å². The van der Waals surface area contributed by atoms with Crippen molar-refractivity contribution < 1.29 is 9.90 Å². The number of carbonyl (C=O) groups is 1. The molecule has 6 nitrogen and oxygen atoms in total. The van der Waals surface area contributed by atoms with E-state index in [1.165, 1.54) is 5.56 Å². The molecule has 0 radical (unpaired) electrons. The minimum Gasteiger partial charge on any atom is -0.508 e. The second-order valence-corrected chi connectivity index (χ2v) is 8.56. The smallest absolute Gasteiger partial charge is 0.227 e. The highest BCUT2D eigenvalue weighted by atomic mass is 16.3. The summed E-state index contributed by atoms with van der Waals surface area (Å²) in [6, 6.07) is 23.1. The first kappa shape index (κ1) is 20.9. The topological polar surface area (TPSA) is 78.4 Å². The molecule has 5 rings (SSSR count). The fourth-order valence-corrected chi connectivity index (χ4v) is 4.36. The van der Waals surface area contributed by atoms with Crippen molar-refractivity contribution in [3.63, 3.8) is 0 Å². The Morgan fingerprint density at radius 1 is 0.970 bits per heavy atom. The number of phenols is 1. The van der Waals surface area contributed by atoms with E-state index in [1.807, 2.05) is 18.2 Å². The number of hydrogen-bond donors (Lipinski definition) is 2. The van der Waals surface area contributed by atoms with Gasteiger partial charge in [-0.15, -0.1) is 0 Å². The third-order valence-electron chi connectivity index (χ3n) is 6.15. The molecule has 2 N–H and O–H groups in total. The Morgan fingerprint density at radius 2 is 1.76 bits per heavy atom. The fourth-order valence-electron chi connectivity index (χ4n) is 4.36. The Balaban J connectivity index is 1.36. The Morgan fingerprint density at radius 3 is 2.52 bits per heavy atom. The van der Waals surface area contributed by atoms with Crippen LogP contribution in [0.1, 0.15) is 18.4 Å². The number of nitrogens with one attached hydrogen (secondary N) is 1. The highest BCUT2D eigenvalue weighted by Crippen LogP contribution is 2.30. The molecule has 1 aromatic heterocycles. The number of aryl methyl sites for hydroxylation is 1. The Kier molecular flexibility index (Phi) is 5.65. The standard InChI is InChI=1S/C27H26N4O2/c1-18-10-11-24-23(16-18)25(19-6-3-2-4-7-19)30-27(29-24)31-14-12-20(13-15-31)26(33)28-21-8-5-9-22(32)17-21/h2-11,16-17,20,32H,12-15H2,1H3,(H,28,33). The second kappa shape index (κ2) is 8.90. The molecule has 0 atom stereocenters. The number of nitrogens with zero attached hydrogens (tertiary/aromatic N) is 3. The van der Waals surface area contributed by atoms with Crippen molar-refractivity contribution in [2.45, 2.75) is 19.8 Å². The zero-order chi connectivity index (χ0) is 22.8. The van der Waals surface area contributed by atoms with Crippen molar-refractivity contribution in [1.82, 2.24) is 9.97 Å². The number of fused-ring (bicyclic) bond motifs is 1. The summed E-state index contributed by atoms with van der Waals surface area (Å²) >= 11 is 0. The van der Waals surface area contributed by atoms with Gasteiger partial charge in [0.15, 0.2) is 0 Å². The van der Waals surface area contributed by atoms with Gasteiger partial charge in [-0.2, -0.15) is 0 Å². The van der Waals surface area contributed by atoms with Crippen LogP contribution in [0.2, 0.25) is 0 Å². The van der Waals surface area contributed by atoms with Crippen molar-refractivity contribution in [2.75, 3.05) is 23.3 Å². The number of hydrogen-bond acceptors (Lipinski definition) is 5. The normalized spacial score (nSPS) is 14.4. The minimum atomic E-state index is -0.0831. The van der Waals surface area contributed by atoms with E-state index < -0.39 is 0 Å². The molecule has 1 saturated heterocycles. The van der Waals surface area contributed by atoms with Crippen molar-refractivity contribution in [3.8, 4) is 17.0 Å². The summed E-state index contributed by atoms with van der Waals surface area (Å²) in [6.07, 6.45) is 1.45. The van der Waals surface area contributed by atoms with Crippen LogP contribution in [0.25, 0.3) is 22.2 Å². The van der Waals surface area contributed by atoms with E-state index in [4.69, 9.17) is 9.97 Å². The van der Waals surface area contributed by atoms with Gasteiger partial charge in [0.2, 0.25) is 11.9 Å². The lowest BCUT2D eigenvalue weighted by molar-refractivity contribution is -0.120. The van der Waals surface area contributed by atoms with Crippen molar-refractivity contribution in [1.29, 1.82) is 0 Å². The molecular formula is C27H26N4O2. The first-order valence-corrected chi connectivity index (χ1v) is 11.3. The Labute approximate surface area is 192 Å².